The minimum atomic E-state index is -0.692. The molecule has 2 amide bonds. The second kappa shape index (κ2) is 8.12. The van der Waals surface area contributed by atoms with Gasteiger partial charge in [0, 0.05) is 5.69 Å². The van der Waals surface area contributed by atoms with Gasteiger partial charge in [-0.25, -0.2) is 4.98 Å². The summed E-state index contributed by atoms with van der Waals surface area (Å²) >= 11 is 1.17. The predicted octanol–water partition coefficient (Wildman–Crippen LogP) is 4.32. The Morgan fingerprint density at radius 1 is 0.931 bits per heavy atom. The number of nitrogens with one attached hydrogen (secondary N) is 2. The average Bonchev–Trinajstić information content (AvgIpc) is 3.11. The standard InChI is InChI=1S/C22H18N4O2S/c23-20(28)19-21(25-18(27)12-14-6-2-1-3-7-14)29-22(26-19)24-17-11-10-15-8-4-5-9-16(15)13-17/h1-11,13H,12H2,(H2,23,28)(H,24,26)(H,25,27). The van der Waals surface area contributed by atoms with Crippen molar-refractivity contribution in [1.82, 2.24) is 4.98 Å². The van der Waals surface area contributed by atoms with Gasteiger partial charge >= 0.3 is 0 Å². The van der Waals surface area contributed by atoms with Gasteiger partial charge in [-0.3, -0.25) is 9.59 Å². The second-order valence-electron chi connectivity index (χ2n) is 6.46. The Morgan fingerprint density at radius 2 is 1.66 bits per heavy atom. The Hall–Kier alpha value is -3.71. The van der Waals surface area contributed by atoms with E-state index >= 15 is 0 Å². The summed E-state index contributed by atoms with van der Waals surface area (Å²) in [6, 6.07) is 23.3. The predicted molar refractivity (Wildman–Crippen MR) is 117 cm³/mol. The highest BCUT2D eigenvalue weighted by molar-refractivity contribution is 7.20. The van der Waals surface area contributed by atoms with Crippen LogP contribution in [0.25, 0.3) is 10.8 Å². The highest BCUT2D eigenvalue weighted by Gasteiger charge is 2.18. The Balaban J connectivity index is 1.54. The molecule has 144 valence electrons. The van der Waals surface area contributed by atoms with E-state index in [0.717, 1.165) is 22.0 Å². The molecule has 4 rings (SSSR count). The smallest absolute Gasteiger partial charge is 0.270 e. The third kappa shape index (κ3) is 4.41. The molecule has 1 heterocycles. The van der Waals surface area contributed by atoms with Crippen molar-refractivity contribution in [2.75, 3.05) is 10.6 Å². The van der Waals surface area contributed by atoms with Crippen LogP contribution in [0.3, 0.4) is 0 Å². The molecule has 7 heteroatoms. The largest absolute Gasteiger partial charge is 0.364 e. The number of carbonyl (C=O) groups excluding carboxylic acids is 2. The fraction of sp³-hybridized carbons (Fsp3) is 0.0455. The summed E-state index contributed by atoms with van der Waals surface area (Å²) in [5.74, 6) is -0.928. The zero-order valence-electron chi connectivity index (χ0n) is 15.4. The van der Waals surface area contributed by atoms with E-state index in [1.165, 1.54) is 11.3 Å². The van der Waals surface area contributed by atoms with Crippen LogP contribution in [0, 0.1) is 0 Å². The van der Waals surface area contributed by atoms with Gasteiger partial charge in [0.2, 0.25) is 5.91 Å². The third-order valence-electron chi connectivity index (χ3n) is 4.32. The summed E-state index contributed by atoms with van der Waals surface area (Å²) in [4.78, 5) is 28.4. The number of amides is 2. The number of anilines is 3. The Morgan fingerprint density at radius 3 is 2.41 bits per heavy atom. The van der Waals surface area contributed by atoms with Crippen molar-refractivity contribution in [3.8, 4) is 0 Å². The van der Waals surface area contributed by atoms with Crippen LogP contribution < -0.4 is 16.4 Å². The van der Waals surface area contributed by atoms with Crippen molar-refractivity contribution in [3.63, 3.8) is 0 Å². The number of benzene rings is 3. The molecule has 0 unspecified atom stereocenters. The van der Waals surface area contributed by atoms with E-state index in [2.05, 4.69) is 15.6 Å². The maximum absolute atomic E-state index is 12.4. The van der Waals surface area contributed by atoms with E-state index in [4.69, 9.17) is 5.73 Å². The molecule has 0 aliphatic rings. The van der Waals surface area contributed by atoms with Crippen LogP contribution in [0.1, 0.15) is 16.1 Å². The van der Waals surface area contributed by atoms with E-state index in [0.29, 0.717) is 10.1 Å². The molecule has 6 nitrogen and oxygen atoms in total. The molecule has 3 aromatic carbocycles. The molecule has 0 bridgehead atoms. The van der Waals surface area contributed by atoms with E-state index in [1.807, 2.05) is 72.8 Å². The second-order valence-corrected chi connectivity index (χ2v) is 7.46. The number of nitrogens with zero attached hydrogens (tertiary/aromatic N) is 1. The lowest BCUT2D eigenvalue weighted by Crippen LogP contribution is -2.18. The Bertz CT molecular complexity index is 1190. The van der Waals surface area contributed by atoms with Gasteiger partial charge in [-0.05, 0) is 28.5 Å². The highest BCUT2D eigenvalue weighted by Crippen LogP contribution is 2.31. The van der Waals surface area contributed by atoms with Crippen LogP contribution in [-0.4, -0.2) is 16.8 Å². The van der Waals surface area contributed by atoms with Gasteiger partial charge in [0.25, 0.3) is 5.91 Å². The molecule has 0 fully saturated rings. The van der Waals surface area contributed by atoms with Crippen LogP contribution in [0.15, 0.2) is 72.8 Å². The van der Waals surface area contributed by atoms with Crippen LogP contribution >= 0.6 is 11.3 Å². The van der Waals surface area contributed by atoms with Gasteiger partial charge in [0.1, 0.15) is 5.00 Å². The van der Waals surface area contributed by atoms with Gasteiger partial charge < -0.3 is 16.4 Å². The molecular formula is C22H18N4O2S. The maximum Gasteiger partial charge on any atom is 0.270 e. The quantitative estimate of drug-likeness (QED) is 0.447. The molecule has 0 saturated carbocycles. The van der Waals surface area contributed by atoms with Crippen molar-refractivity contribution in [1.29, 1.82) is 0 Å². The zero-order chi connectivity index (χ0) is 20.2. The highest BCUT2D eigenvalue weighted by atomic mass is 32.1. The number of primary amides is 1. The molecule has 4 aromatic rings. The molecular weight excluding hydrogens is 384 g/mol. The van der Waals surface area contributed by atoms with Gasteiger partial charge in [-0.15, -0.1) is 0 Å². The van der Waals surface area contributed by atoms with E-state index < -0.39 is 5.91 Å². The minimum absolute atomic E-state index is 0.0414. The topological polar surface area (TPSA) is 97.1 Å². The molecule has 0 saturated heterocycles. The number of hydrogen-bond donors (Lipinski definition) is 3. The number of aromatic nitrogens is 1. The van der Waals surface area contributed by atoms with Crippen LogP contribution in [0.2, 0.25) is 0 Å². The first-order chi connectivity index (χ1) is 14.1. The monoisotopic (exact) mass is 402 g/mol. The van der Waals surface area contributed by atoms with E-state index in [-0.39, 0.29) is 18.0 Å². The van der Waals surface area contributed by atoms with E-state index in [1.54, 1.807) is 0 Å². The molecule has 29 heavy (non-hydrogen) atoms. The van der Waals surface area contributed by atoms with Gasteiger partial charge in [-0.2, -0.15) is 0 Å². The SMILES string of the molecule is NC(=O)c1nc(Nc2ccc3ccccc3c2)sc1NC(=O)Cc1ccccc1. The van der Waals surface area contributed by atoms with E-state index in [9.17, 15) is 9.59 Å². The number of nitrogens with two attached hydrogens (primary N) is 1. The summed E-state index contributed by atoms with van der Waals surface area (Å²) in [7, 11) is 0. The molecule has 0 radical (unpaired) electrons. The fourth-order valence-electron chi connectivity index (χ4n) is 2.97. The molecule has 4 N–H and O–H groups in total. The first-order valence-corrected chi connectivity index (χ1v) is 9.80. The van der Waals surface area contributed by atoms with Gasteiger partial charge in [0.15, 0.2) is 10.8 Å². The van der Waals surface area contributed by atoms with Crippen molar-refractivity contribution in [3.05, 3.63) is 84.1 Å². The third-order valence-corrected chi connectivity index (χ3v) is 5.21. The van der Waals surface area contributed by atoms with Crippen molar-refractivity contribution >= 4 is 49.7 Å². The first-order valence-electron chi connectivity index (χ1n) is 8.99. The summed E-state index contributed by atoms with van der Waals surface area (Å²) < 4.78 is 0. The summed E-state index contributed by atoms with van der Waals surface area (Å²) in [6.07, 6.45) is 0.199. The fourth-order valence-corrected chi connectivity index (χ4v) is 3.87. The molecule has 0 aliphatic heterocycles. The lowest BCUT2D eigenvalue weighted by Gasteiger charge is -2.04. The molecule has 0 spiro atoms. The zero-order valence-corrected chi connectivity index (χ0v) is 16.2. The average molecular weight is 402 g/mol. The van der Waals surface area contributed by atoms with Crippen molar-refractivity contribution in [2.24, 2.45) is 5.73 Å². The summed E-state index contributed by atoms with van der Waals surface area (Å²) in [5.41, 5.74) is 7.20. The molecule has 1 aromatic heterocycles. The minimum Gasteiger partial charge on any atom is -0.364 e. The molecule has 0 atom stereocenters. The van der Waals surface area contributed by atoms with Crippen LogP contribution in [-0.2, 0) is 11.2 Å². The number of thiazole rings is 1. The number of hydrogen-bond acceptors (Lipinski definition) is 5. The summed E-state index contributed by atoms with van der Waals surface area (Å²) in [6.45, 7) is 0. The number of carbonyl (C=O) groups is 2. The van der Waals surface area contributed by atoms with Gasteiger partial charge in [0.05, 0.1) is 6.42 Å². The first kappa shape index (κ1) is 18.6. The van der Waals surface area contributed by atoms with Crippen molar-refractivity contribution < 1.29 is 9.59 Å². The maximum atomic E-state index is 12.4. The van der Waals surface area contributed by atoms with Crippen molar-refractivity contribution in [2.45, 2.75) is 6.42 Å². The Labute approximate surface area is 171 Å². The van der Waals surface area contributed by atoms with Crippen LogP contribution in [0.5, 0.6) is 0 Å². The summed E-state index contributed by atoms with van der Waals surface area (Å²) in [5, 5.41) is 8.96. The van der Waals surface area contributed by atoms with Gasteiger partial charge in [-0.1, -0.05) is 72.0 Å². The normalized spacial score (nSPS) is 10.6. The van der Waals surface area contributed by atoms with Crippen LogP contribution in [0.4, 0.5) is 15.8 Å². The Kier molecular flexibility index (Phi) is 5.22. The molecule has 0 aliphatic carbocycles. The number of rotatable bonds is 6. The number of fused-ring (bicyclic) bond motifs is 1. The lowest BCUT2D eigenvalue weighted by atomic mass is 10.1. The lowest BCUT2D eigenvalue weighted by molar-refractivity contribution is -0.115.